The number of carbonyl (C=O) groups is 2. The number of aliphatic hydroxyl groups is 1. The second-order valence-corrected chi connectivity index (χ2v) is 6.22. The van der Waals surface area contributed by atoms with Crippen molar-refractivity contribution in [3.05, 3.63) is 29.6 Å². The first-order chi connectivity index (χ1) is 11.3. The van der Waals surface area contributed by atoms with Gasteiger partial charge in [0.15, 0.2) is 11.6 Å². The summed E-state index contributed by atoms with van der Waals surface area (Å²) in [5, 5.41) is 10.4. The number of β-amino-alcohol motifs (C(OH)–C–C–N with tert-alkyl or cyclic N) is 1. The van der Waals surface area contributed by atoms with Crippen LogP contribution < -0.4 is 10.5 Å². The third kappa shape index (κ3) is 4.44. The van der Waals surface area contributed by atoms with E-state index in [-0.39, 0.29) is 37.5 Å². The number of amides is 2. The van der Waals surface area contributed by atoms with Gasteiger partial charge in [-0.3, -0.25) is 9.59 Å². The molecule has 6 nitrogen and oxygen atoms in total. The molecule has 1 aromatic rings. The van der Waals surface area contributed by atoms with E-state index in [9.17, 15) is 19.1 Å². The molecule has 1 unspecified atom stereocenters. The van der Waals surface area contributed by atoms with E-state index in [0.29, 0.717) is 24.9 Å². The molecule has 1 fully saturated rings. The maximum Gasteiger partial charge on any atom is 0.223 e. The molecule has 0 saturated carbocycles. The lowest BCUT2D eigenvalue weighted by molar-refractivity contribution is -0.141. The highest BCUT2D eigenvalue weighted by Crippen LogP contribution is 2.26. The summed E-state index contributed by atoms with van der Waals surface area (Å²) in [6, 6.07) is 4.81. The molecular weight excluding hydrogens is 315 g/mol. The number of piperidine rings is 1. The third-order valence-electron chi connectivity index (χ3n) is 4.28. The average Bonchev–Trinajstić information content (AvgIpc) is 2.52. The van der Waals surface area contributed by atoms with Crippen LogP contribution in [0.25, 0.3) is 0 Å². The number of hydrogen-bond donors (Lipinski definition) is 2. The van der Waals surface area contributed by atoms with Gasteiger partial charge in [-0.2, -0.15) is 0 Å². The molecule has 132 valence electrons. The van der Waals surface area contributed by atoms with Crippen molar-refractivity contribution >= 4 is 11.8 Å². The molecule has 0 spiro atoms. The molecular formula is C17H23FN2O4. The Morgan fingerprint density at radius 2 is 2.21 bits per heavy atom. The van der Waals surface area contributed by atoms with Gasteiger partial charge in [-0.1, -0.05) is 12.1 Å². The molecule has 0 aromatic heterocycles. The first-order valence-corrected chi connectivity index (χ1v) is 7.94. The molecule has 1 saturated heterocycles. The fourth-order valence-electron chi connectivity index (χ4n) is 3.10. The van der Waals surface area contributed by atoms with Gasteiger partial charge in [-0.25, -0.2) is 4.39 Å². The normalized spacial score (nSPS) is 20.7. The largest absolute Gasteiger partial charge is 0.494 e. The molecule has 2 amide bonds. The lowest BCUT2D eigenvalue weighted by Crippen LogP contribution is -2.51. The number of nitrogens with two attached hydrogens (primary N) is 1. The number of hydrogen-bond acceptors (Lipinski definition) is 4. The third-order valence-corrected chi connectivity index (χ3v) is 4.28. The average molecular weight is 338 g/mol. The van der Waals surface area contributed by atoms with Gasteiger partial charge in [0.1, 0.15) is 0 Å². The Balaban J connectivity index is 1.96. The van der Waals surface area contributed by atoms with Crippen LogP contribution in [0, 0.1) is 5.82 Å². The lowest BCUT2D eigenvalue weighted by Gasteiger charge is -2.38. The van der Waals surface area contributed by atoms with Crippen molar-refractivity contribution in [3.8, 4) is 5.75 Å². The minimum Gasteiger partial charge on any atom is -0.494 e. The molecule has 1 heterocycles. The summed E-state index contributed by atoms with van der Waals surface area (Å²) < 4.78 is 19.0. The number of rotatable bonds is 6. The smallest absolute Gasteiger partial charge is 0.223 e. The van der Waals surface area contributed by atoms with Crippen LogP contribution in [0.1, 0.15) is 31.2 Å². The number of benzene rings is 1. The summed E-state index contributed by atoms with van der Waals surface area (Å²) >= 11 is 0. The first kappa shape index (κ1) is 18.2. The molecule has 1 aliphatic heterocycles. The molecule has 1 aliphatic rings. The van der Waals surface area contributed by atoms with Crippen molar-refractivity contribution in [1.29, 1.82) is 0 Å². The van der Waals surface area contributed by atoms with E-state index in [1.807, 2.05) is 0 Å². The van der Waals surface area contributed by atoms with Crippen molar-refractivity contribution in [2.24, 2.45) is 5.73 Å². The fraction of sp³-hybridized carbons (Fsp3) is 0.529. The molecule has 1 atom stereocenters. The maximum atomic E-state index is 14.1. The van der Waals surface area contributed by atoms with Crippen LogP contribution in [-0.2, 0) is 16.0 Å². The van der Waals surface area contributed by atoms with Crippen molar-refractivity contribution in [1.82, 2.24) is 4.90 Å². The van der Waals surface area contributed by atoms with E-state index < -0.39 is 17.3 Å². The van der Waals surface area contributed by atoms with Crippen LogP contribution in [-0.4, -0.2) is 47.6 Å². The standard InChI is InChI=1S/C17H23FN2O4/c1-24-13-5-2-4-12(16(13)18)6-7-15(22)20-9-3-8-17(23,11-20)10-14(19)21/h2,4-5,23H,3,6-11H2,1H3,(H2,19,21). The molecule has 2 rings (SSSR count). The Labute approximate surface area is 140 Å². The Hall–Kier alpha value is -2.15. The van der Waals surface area contributed by atoms with Crippen LogP contribution in [0.3, 0.4) is 0 Å². The number of halogens is 1. The number of primary amides is 1. The molecule has 0 bridgehead atoms. The van der Waals surface area contributed by atoms with E-state index in [4.69, 9.17) is 10.5 Å². The van der Waals surface area contributed by atoms with E-state index in [1.54, 1.807) is 12.1 Å². The molecule has 1 aromatic carbocycles. The van der Waals surface area contributed by atoms with Crippen molar-refractivity contribution in [2.45, 2.75) is 37.7 Å². The molecule has 7 heteroatoms. The fourth-order valence-corrected chi connectivity index (χ4v) is 3.10. The Morgan fingerprint density at radius 1 is 1.46 bits per heavy atom. The zero-order valence-corrected chi connectivity index (χ0v) is 13.8. The second-order valence-electron chi connectivity index (χ2n) is 6.22. The number of likely N-dealkylation sites (tertiary alicyclic amines) is 1. The highest BCUT2D eigenvalue weighted by Gasteiger charge is 2.36. The van der Waals surface area contributed by atoms with Gasteiger partial charge in [0.25, 0.3) is 0 Å². The summed E-state index contributed by atoms with van der Waals surface area (Å²) in [7, 11) is 1.39. The number of ether oxygens (including phenoxy) is 1. The Bertz CT molecular complexity index is 623. The molecule has 24 heavy (non-hydrogen) atoms. The first-order valence-electron chi connectivity index (χ1n) is 7.94. The highest BCUT2D eigenvalue weighted by atomic mass is 19.1. The van der Waals surface area contributed by atoms with E-state index >= 15 is 0 Å². The predicted molar refractivity (Wildman–Crippen MR) is 85.8 cm³/mol. The topological polar surface area (TPSA) is 92.9 Å². The summed E-state index contributed by atoms with van der Waals surface area (Å²) in [5.74, 6) is -1.09. The van der Waals surface area contributed by atoms with Crippen LogP contribution in [0.15, 0.2) is 18.2 Å². The van der Waals surface area contributed by atoms with Gasteiger partial charge in [0, 0.05) is 19.5 Å². The van der Waals surface area contributed by atoms with Gasteiger partial charge >= 0.3 is 0 Å². The minimum atomic E-state index is -1.26. The van der Waals surface area contributed by atoms with Crippen molar-refractivity contribution in [2.75, 3.05) is 20.2 Å². The van der Waals surface area contributed by atoms with Crippen LogP contribution in [0.5, 0.6) is 5.75 Å². The lowest BCUT2D eigenvalue weighted by atomic mass is 9.89. The van der Waals surface area contributed by atoms with Gasteiger partial charge in [-0.15, -0.1) is 0 Å². The zero-order chi connectivity index (χ0) is 17.7. The van der Waals surface area contributed by atoms with Gasteiger partial charge in [0.2, 0.25) is 11.8 Å². The predicted octanol–water partition coefficient (Wildman–Crippen LogP) is 0.996. The number of methoxy groups -OCH3 is 1. The van der Waals surface area contributed by atoms with Gasteiger partial charge < -0.3 is 20.5 Å². The van der Waals surface area contributed by atoms with Crippen LogP contribution in [0.2, 0.25) is 0 Å². The number of nitrogens with zero attached hydrogens (tertiary/aromatic N) is 1. The van der Waals surface area contributed by atoms with E-state index in [2.05, 4.69) is 0 Å². The molecule has 0 radical (unpaired) electrons. The van der Waals surface area contributed by atoms with Gasteiger partial charge in [0.05, 0.1) is 19.1 Å². The van der Waals surface area contributed by atoms with Gasteiger partial charge in [-0.05, 0) is 30.9 Å². The summed E-state index contributed by atoms with van der Waals surface area (Å²) in [6.45, 7) is 0.593. The quantitative estimate of drug-likeness (QED) is 0.809. The number of aryl methyl sites for hydroxylation is 1. The Morgan fingerprint density at radius 3 is 2.88 bits per heavy atom. The Kier molecular flexibility index (Phi) is 5.77. The van der Waals surface area contributed by atoms with E-state index in [0.717, 1.165) is 0 Å². The summed E-state index contributed by atoms with van der Waals surface area (Å²) in [6.07, 6.45) is 1.23. The number of carbonyl (C=O) groups excluding carboxylic acids is 2. The second kappa shape index (κ2) is 7.61. The maximum absolute atomic E-state index is 14.1. The van der Waals surface area contributed by atoms with Crippen LogP contribution >= 0.6 is 0 Å². The SMILES string of the molecule is COc1cccc(CCC(=O)N2CCCC(O)(CC(N)=O)C2)c1F. The highest BCUT2D eigenvalue weighted by molar-refractivity contribution is 5.77. The summed E-state index contributed by atoms with van der Waals surface area (Å²) in [5.41, 5.74) is 4.30. The summed E-state index contributed by atoms with van der Waals surface area (Å²) in [4.78, 5) is 24.9. The molecule has 0 aliphatic carbocycles. The van der Waals surface area contributed by atoms with Crippen molar-refractivity contribution < 1.29 is 23.8 Å². The molecule has 3 N–H and O–H groups in total. The van der Waals surface area contributed by atoms with Crippen LogP contribution in [0.4, 0.5) is 4.39 Å². The van der Waals surface area contributed by atoms with E-state index in [1.165, 1.54) is 18.1 Å². The minimum absolute atomic E-state index is 0.0787. The zero-order valence-electron chi connectivity index (χ0n) is 13.8. The van der Waals surface area contributed by atoms with Crippen molar-refractivity contribution in [3.63, 3.8) is 0 Å². The monoisotopic (exact) mass is 338 g/mol.